The average Bonchev–Trinajstić information content (AvgIpc) is 2.93. The van der Waals surface area contributed by atoms with Crippen LogP contribution in [0.15, 0.2) is 36.7 Å². The van der Waals surface area contributed by atoms with Crippen molar-refractivity contribution in [3.05, 3.63) is 41.7 Å². The molecular formula is C14H18Cl2N4O. The number of halogens is 2. The van der Waals surface area contributed by atoms with E-state index in [1.807, 2.05) is 38.4 Å². The Bertz CT molecular complexity index is 587. The Morgan fingerprint density at radius 3 is 2.81 bits per heavy atom. The number of amides is 1. The predicted octanol–water partition coefficient (Wildman–Crippen LogP) is 2.74. The van der Waals surface area contributed by atoms with Gasteiger partial charge < -0.3 is 10.6 Å². The van der Waals surface area contributed by atoms with E-state index in [4.69, 9.17) is 11.6 Å². The van der Waals surface area contributed by atoms with E-state index in [9.17, 15) is 4.79 Å². The molecule has 114 valence electrons. The fourth-order valence-electron chi connectivity index (χ4n) is 1.85. The standard InChI is InChI=1S/C14H17ClN4O.ClH/c1-10(9-16-2)14(20)18-11-4-5-13(12(15)8-11)19-7-3-6-17-19;/h3-8,10,16H,9H2,1-2H3,(H,18,20);1H. The van der Waals surface area contributed by atoms with Gasteiger partial charge in [0, 0.05) is 30.5 Å². The van der Waals surface area contributed by atoms with Crippen molar-refractivity contribution in [2.75, 3.05) is 18.9 Å². The van der Waals surface area contributed by atoms with Crippen molar-refractivity contribution < 1.29 is 4.79 Å². The highest BCUT2D eigenvalue weighted by atomic mass is 35.5. The minimum absolute atomic E-state index is 0. The first-order chi connectivity index (χ1) is 9.61. The molecule has 0 aliphatic heterocycles. The lowest BCUT2D eigenvalue weighted by atomic mass is 10.1. The molecule has 0 aliphatic rings. The van der Waals surface area contributed by atoms with Crippen LogP contribution in [0.3, 0.4) is 0 Å². The minimum Gasteiger partial charge on any atom is -0.326 e. The molecule has 1 aromatic heterocycles. The number of anilines is 1. The number of carbonyl (C=O) groups excluding carboxylic acids is 1. The normalized spacial score (nSPS) is 11.6. The quantitative estimate of drug-likeness (QED) is 0.887. The van der Waals surface area contributed by atoms with Crippen molar-refractivity contribution in [1.82, 2.24) is 15.1 Å². The van der Waals surface area contributed by atoms with Crippen LogP contribution in [-0.4, -0.2) is 29.3 Å². The molecule has 7 heteroatoms. The van der Waals surface area contributed by atoms with Crippen molar-refractivity contribution in [3.8, 4) is 5.69 Å². The smallest absolute Gasteiger partial charge is 0.228 e. The van der Waals surface area contributed by atoms with Crippen LogP contribution < -0.4 is 10.6 Å². The summed E-state index contributed by atoms with van der Waals surface area (Å²) in [6, 6.07) is 7.19. The van der Waals surface area contributed by atoms with Gasteiger partial charge in [0.2, 0.25) is 5.91 Å². The number of benzene rings is 1. The topological polar surface area (TPSA) is 59.0 Å². The van der Waals surface area contributed by atoms with E-state index in [1.165, 1.54) is 0 Å². The van der Waals surface area contributed by atoms with Gasteiger partial charge in [0.05, 0.1) is 10.7 Å². The van der Waals surface area contributed by atoms with E-state index < -0.39 is 0 Å². The van der Waals surface area contributed by atoms with Gasteiger partial charge in [-0.15, -0.1) is 12.4 Å². The Hall–Kier alpha value is -1.56. The van der Waals surface area contributed by atoms with E-state index in [1.54, 1.807) is 16.9 Å². The lowest BCUT2D eigenvalue weighted by molar-refractivity contribution is -0.119. The maximum atomic E-state index is 11.9. The first kappa shape index (κ1) is 17.5. The number of carbonyl (C=O) groups is 1. The minimum atomic E-state index is -0.107. The van der Waals surface area contributed by atoms with E-state index in [0.717, 1.165) is 5.69 Å². The summed E-state index contributed by atoms with van der Waals surface area (Å²) in [4.78, 5) is 11.9. The van der Waals surface area contributed by atoms with E-state index >= 15 is 0 Å². The molecule has 2 aromatic rings. The van der Waals surface area contributed by atoms with Crippen LogP contribution in [0.1, 0.15) is 6.92 Å². The maximum Gasteiger partial charge on any atom is 0.228 e. The highest BCUT2D eigenvalue weighted by Gasteiger charge is 2.12. The van der Waals surface area contributed by atoms with Gasteiger partial charge in [-0.25, -0.2) is 4.68 Å². The zero-order valence-corrected chi connectivity index (χ0v) is 13.4. The predicted molar refractivity (Wildman–Crippen MR) is 87.5 cm³/mol. The Balaban J connectivity index is 0.00000220. The molecule has 2 N–H and O–H groups in total. The number of hydrogen-bond donors (Lipinski definition) is 2. The SMILES string of the molecule is CNCC(C)C(=O)Nc1ccc(-n2cccn2)c(Cl)c1.Cl. The summed E-state index contributed by atoms with van der Waals surface area (Å²) in [5.41, 5.74) is 1.46. The molecule has 2 rings (SSSR count). The zero-order chi connectivity index (χ0) is 14.5. The molecule has 0 saturated carbocycles. The third-order valence-electron chi connectivity index (χ3n) is 2.92. The highest BCUT2D eigenvalue weighted by Crippen LogP contribution is 2.24. The van der Waals surface area contributed by atoms with Crippen molar-refractivity contribution in [1.29, 1.82) is 0 Å². The van der Waals surface area contributed by atoms with Crippen molar-refractivity contribution in [2.45, 2.75) is 6.92 Å². The summed E-state index contributed by atoms with van der Waals surface area (Å²) >= 11 is 6.22. The summed E-state index contributed by atoms with van der Waals surface area (Å²) in [6.07, 6.45) is 3.50. The van der Waals surface area contributed by atoms with Gasteiger partial charge in [-0.05, 0) is 31.3 Å². The van der Waals surface area contributed by atoms with Gasteiger partial charge >= 0.3 is 0 Å². The average molecular weight is 329 g/mol. The lowest BCUT2D eigenvalue weighted by Crippen LogP contribution is -2.28. The summed E-state index contributed by atoms with van der Waals surface area (Å²) in [5.74, 6) is -0.146. The maximum absolute atomic E-state index is 11.9. The molecule has 0 spiro atoms. The Morgan fingerprint density at radius 1 is 1.48 bits per heavy atom. The summed E-state index contributed by atoms with van der Waals surface area (Å²) in [6.45, 7) is 2.50. The molecule has 5 nitrogen and oxygen atoms in total. The molecule has 0 radical (unpaired) electrons. The molecule has 1 atom stereocenters. The molecule has 0 aliphatic carbocycles. The van der Waals surface area contributed by atoms with Crippen LogP contribution in [0.5, 0.6) is 0 Å². The summed E-state index contributed by atoms with van der Waals surface area (Å²) in [7, 11) is 1.82. The molecular weight excluding hydrogens is 311 g/mol. The second kappa shape index (κ2) is 8.02. The number of nitrogens with one attached hydrogen (secondary N) is 2. The fraction of sp³-hybridized carbons (Fsp3) is 0.286. The van der Waals surface area contributed by atoms with Crippen LogP contribution in [0, 0.1) is 5.92 Å². The van der Waals surface area contributed by atoms with E-state index in [2.05, 4.69) is 15.7 Å². The van der Waals surface area contributed by atoms with Gasteiger partial charge in [-0.3, -0.25) is 4.79 Å². The summed E-state index contributed by atoms with van der Waals surface area (Å²) in [5, 5.41) is 10.5. The van der Waals surface area contributed by atoms with Crippen molar-refractivity contribution in [2.24, 2.45) is 5.92 Å². The molecule has 1 unspecified atom stereocenters. The van der Waals surface area contributed by atoms with Gasteiger partial charge in [0.1, 0.15) is 0 Å². The van der Waals surface area contributed by atoms with Gasteiger partial charge in [0.15, 0.2) is 0 Å². The molecule has 0 saturated heterocycles. The molecule has 21 heavy (non-hydrogen) atoms. The first-order valence-electron chi connectivity index (χ1n) is 6.37. The second-order valence-corrected chi connectivity index (χ2v) is 4.97. The molecule has 1 heterocycles. The Kier molecular flexibility index (Phi) is 6.68. The van der Waals surface area contributed by atoms with Gasteiger partial charge in [-0.1, -0.05) is 18.5 Å². The Morgan fingerprint density at radius 2 is 2.24 bits per heavy atom. The van der Waals surface area contributed by atoms with Crippen LogP contribution in [0.25, 0.3) is 5.69 Å². The van der Waals surface area contributed by atoms with Crippen LogP contribution in [0.4, 0.5) is 5.69 Å². The molecule has 0 bridgehead atoms. The third kappa shape index (κ3) is 4.46. The first-order valence-corrected chi connectivity index (χ1v) is 6.74. The number of aromatic nitrogens is 2. The largest absolute Gasteiger partial charge is 0.326 e. The second-order valence-electron chi connectivity index (χ2n) is 4.56. The molecule has 0 fully saturated rings. The number of nitrogens with zero attached hydrogens (tertiary/aromatic N) is 2. The zero-order valence-electron chi connectivity index (χ0n) is 11.8. The van der Waals surface area contributed by atoms with Crippen LogP contribution in [0.2, 0.25) is 5.02 Å². The van der Waals surface area contributed by atoms with E-state index in [-0.39, 0.29) is 24.2 Å². The summed E-state index contributed by atoms with van der Waals surface area (Å²) < 4.78 is 1.68. The molecule has 1 amide bonds. The Labute approximate surface area is 135 Å². The monoisotopic (exact) mass is 328 g/mol. The number of hydrogen-bond acceptors (Lipinski definition) is 3. The van der Waals surface area contributed by atoms with Crippen LogP contribution in [-0.2, 0) is 4.79 Å². The lowest BCUT2D eigenvalue weighted by Gasteiger charge is -2.12. The highest BCUT2D eigenvalue weighted by molar-refractivity contribution is 6.32. The fourth-order valence-corrected chi connectivity index (χ4v) is 2.11. The van der Waals surface area contributed by atoms with Crippen LogP contribution >= 0.6 is 24.0 Å². The number of rotatable bonds is 5. The van der Waals surface area contributed by atoms with Crippen molar-refractivity contribution >= 4 is 35.6 Å². The van der Waals surface area contributed by atoms with Crippen molar-refractivity contribution in [3.63, 3.8) is 0 Å². The van der Waals surface area contributed by atoms with Gasteiger partial charge in [-0.2, -0.15) is 5.10 Å². The van der Waals surface area contributed by atoms with Gasteiger partial charge in [0.25, 0.3) is 0 Å². The van der Waals surface area contributed by atoms with E-state index in [0.29, 0.717) is 17.3 Å². The molecule has 1 aromatic carbocycles. The third-order valence-corrected chi connectivity index (χ3v) is 3.23.